The van der Waals surface area contributed by atoms with E-state index in [1.54, 1.807) is 18.2 Å². The summed E-state index contributed by atoms with van der Waals surface area (Å²) in [6.45, 7) is 3.66. The quantitative estimate of drug-likeness (QED) is 0.637. The number of rotatable bonds is 5. The third kappa shape index (κ3) is 4.45. The maximum Gasteiger partial charge on any atom is 0.257 e. The van der Waals surface area contributed by atoms with Crippen LogP contribution in [0.5, 0.6) is 0 Å². The predicted octanol–water partition coefficient (Wildman–Crippen LogP) is 4.77. The summed E-state index contributed by atoms with van der Waals surface area (Å²) in [5.74, 6) is -0.994. The van der Waals surface area contributed by atoms with Crippen molar-refractivity contribution in [1.82, 2.24) is 4.98 Å². The Labute approximate surface area is 165 Å². The number of hydrogen-bond acceptors (Lipinski definition) is 5. The van der Waals surface area contributed by atoms with E-state index in [0.717, 1.165) is 23.5 Å². The van der Waals surface area contributed by atoms with Crippen LogP contribution < -0.4 is 5.32 Å². The molecule has 0 unspecified atom stereocenters. The lowest BCUT2D eigenvalue weighted by Gasteiger charge is -2.06. The van der Waals surface area contributed by atoms with Crippen LogP contribution in [0.1, 0.15) is 24.2 Å². The van der Waals surface area contributed by atoms with Gasteiger partial charge in [0.05, 0.1) is 26.6 Å². The molecule has 9 heteroatoms. The highest BCUT2D eigenvalue weighted by Gasteiger charge is 2.21. The number of fused-ring (bicyclic) bond motifs is 1. The second-order valence-electron chi connectivity index (χ2n) is 6.42. The zero-order valence-electron chi connectivity index (χ0n) is 14.5. The number of hydrogen-bond donors (Lipinski definition) is 1. The number of benzene rings is 2. The Hall–Kier alpha value is -2.03. The number of nitrogens with one attached hydrogen (secondary N) is 1. The van der Waals surface area contributed by atoms with Gasteiger partial charge in [0.1, 0.15) is 5.82 Å². The summed E-state index contributed by atoms with van der Waals surface area (Å²) in [6.07, 6.45) is 0. The molecule has 5 nitrogen and oxygen atoms in total. The monoisotopic (exact) mass is 426 g/mol. The maximum atomic E-state index is 13.1. The molecule has 0 spiro atoms. The lowest BCUT2D eigenvalue weighted by molar-refractivity contribution is 0.102. The third-order valence-electron chi connectivity index (χ3n) is 3.62. The fourth-order valence-electron chi connectivity index (χ4n) is 2.50. The van der Waals surface area contributed by atoms with Gasteiger partial charge in [0, 0.05) is 5.69 Å². The van der Waals surface area contributed by atoms with E-state index >= 15 is 0 Å². The van der Waals surface area contributed by atoms with Gasteiger partial charge in [-0.1, -0.05) is 25.4 Å². The lowest BCUT2D eigenvalue weighted by atomic mass is 10.2. The molecule has 0 bridgehead atoms. The van der Waals surface area contributed by atoms with Gasteiger partial charge in [0.25, 0.3) is 5.91 Å². The van der Waals surface area contributed by atoms with Crippen LogP contribution in [0.4, 0.5) is 10.1 Å². The van der Waals surface area contributed by atoms with Gasteiger partial charge in [-0.15, -0.1) is 11.3 Å². The van der Waals surface area contributed by atoms with Crippen LogP contribution in [-0.4, -0.2) is 25.1 Å². The Morgan fingerprint density at radius 2 is 2.00 bits per heavy atom. The Kier molecular flexibility index (Phi) is 5.50. The van der Waals surface area contributed by atoms with Crippen molar-refractivity contribution < 1.29 is 17.6 Å². The molecule has 1 heterocycles. The zero-order valence-corrected chi connectivity index (χ0v) is 16.9. The molecule has 0 fully saturated rings. The van der Waals surface area contributed by atoms with Gasteiger partial charge in [-0.05, 0) is 42.3 Å². The van der Waals surface area contributed by atoms with Crippen molar-refractivity contribution in [2.45, 2.75) is 18.2 Å². The second-order valence-corrected chi connectivity index (χ2v) is 10.1. The van der Waals surface area contributed by atoms with Crippen molar-refractivity contribution >= 4 is 54.6 Å². The van der Waals surface area contributed by atoms with Crippen LogP contribution in [0, 0.1) is 11.7 Å². The molecule has 1 N–H and O–H groups in total. The lowest BCUT2D eigenvalue weighted by Crippen LogP contribution is -2.12. The van der Waals surface area contributed by atoms with Crippen LogP contribution >= 0.6 is 22.9 Å². The van der Waals surface area contributed by atoms with Crippen LogP contribution in [0.2, 0.25) is 5.02 Å². The minimum atomic E-state index is -3.44. The first-order valence-electron chi connectivity index (χ1n) is 8.05. The minimum absolute atomic E-state index is 0.00248. The van der Waals surface area contributed by atoms with Crippen molar-refractivity contribution in [3.63, 3.8) is 0 Å². The van der Waals surface area contributed by atoms with Crippen molar-refractivity contribution in [3.8, 4) is 0 Å². The van der Waals surface area contributed by atoms with Crippen LogP contribution in [0.3, 0.4) is 0 Å². The molecule has 1 aromatic heterocycles. The Morgan fingerprint density at radius 1 is 1.26 bits per heavy atom. The van der Waals surface area contributed by atoms with E-state index in [1.807, 2.05) is 13.8 Å². The zero-order chi connectivity index (χ0) is 19.8. The van der Waals surface area contributed by atoms with E-state index in [4.69, 9.17) is 11.6 Å². The standard InChI is InChI=1S/C18H16ClFN2O3S2/c1-10(2)9-27(24,25)18-22-15-6-4-12(8-16(15)26-18)21-17(23)13-5-3-11(20)7-14(13)19/h3-8,10H,9H2,1-2H3,(H,21,23). The molecular weight excluding hydrogens is 411 g/mol. The van der Waals surface area contributed by atoms with E-state index in [0.29, 0.717) is 15.9 Å². The van der Waals surface area contributed by atoms with Gasteiger partial charge in [-0.2, -0.15) is 0 Å². The molecule has 142 valence electrons. The van der Waals surface area contributed by atoms with Gasteiger partial charge in [-0.25, -0.2) is 17.8 Å². The molecule has 0 atom stereocenters. The number of carbonyl (C=O) groups excluding carboxylic acids is 1. The van der Waals surface area contributed by atoms with E-state index in [-0.39, 0.29) is 26.6 Å². The molecule has 0 aliphatic rings. The molecule has 3 aromatic rings. The van der Waals surface area contributed by atoms with Gasteiger partial charge < -0.3 is 5.32 Å². The summed E-state index contributed by atoms with van der Waals surface area (Å²) in [6, 6.07) is 8.43. The molecule has 0 aliphatic heterocycles. The molecule has 0 radical (unpaired) electrons. The highest BCUT2D eigenvalue weighted by molar-refractivity contribution is 7.93. The van der Waals surface area contributed by atoms with Crippen molar-refractivity contribution in [2.24, 2.45) is 5.92 Å². The molecule has 0 saturated heterocycles. The first-order chi connectivity index (χ1) is 12.7. The molecule has 0 saturated carbocycles. The second kappa shape index (κ2) is 7.53. The number of halogens is 2. The molecule has 3 rings (SSSR count). The summed E-state index contributed by atoms with van der Waals surface area (Å²) in [5, 5.41) is 2.68. The molecular formula is C18H16ClFN2O3S2. The SMILES string of the molecule is CC(C)CS(=O)(=O)c1nc2ccc(NC(=O)c3ccc(F)cc3Cl)cc2s1. The summed E-state index contributed by atoms with van der Waals surface area (Å²) in [4.78, 5) is 16.5. The highest BCUT2D eigenvalue weighted by Crippen LogP contribution is 2.29. The first kappa shape index (κ1) is 19.7. The number of sulfone groups is 1. The summed E-state index contributed by atoms with van der Waals surface area (Å²) in [5.41, 5.74) is 1.15. The highest BCUT2D eigenvalue weighted by atomic mass is 35.5. The number of carbonyl (C=O) groups is 1. The van der Waals surface area contributed by atoms with Crippen molar-refractivity contribution in [3.05, 3.63) is 52.8 Å². The number of nitrogens with zero attached hydrogens (tertiary/aromatic N) is 1. The minimum Gasteiger partial charge on any atom is -0.322 e. The smallest absolute Gasteiger partial charge is 0.257 e. The molecule has 1 amide bonds. The Bertz CT molecular complexity index is 1130. The first-order valence-corrected chi connectivity index (χ1v) is 10.9. The predicted molar refractivity (Wildman–Crippen MR) is 106 cm³/mol. The molecule has 2 aromatic carbocycles. The number of amides is 1. The fourth-order valence-corrected chi connectivity index (χ4v) is 5.72. The third-order valence-corrected chi connectivity index (χ3v) is 7.49. The summed E-state index contributed by atoms with van der Waals surface area (Å²) < 4.78 is 38.5. The van der Waals surface area contributed by atoms with Gasteiger partial charge in [0.15, 0.2) is 0 Å². The van der Waals surface area contributed by atoms with E-state index in [2.05, 4.69) is 10.3 Å². The Balaban J connectivity index is 1.87. The Morgan fingerprint density at radius 3 is 2.67 bits per heavy atom. The van der Waals surface area contributed by atoms with Gasteiger partial charge in [0.2, 0.25) is 14.2 Å². The average molecular weight is 427 g/mol. The number of anilines is 1. The van der Waals surface area contributed by atoms with Crippen molar-refractivity contribution in [2.75, 3.05) is 11.1 Å². The maximum absolute atomic E-state index is 13.1. The largest absolute Gasteiger partial charge is 0.322 e. The number of aromatic nitrogens is 1. The molecule has 0 aliphatic carbocycles. The average Bonchev–Trinajstić information content (AvgIpc) is 2.97. The fraction of sp³-hybridized carbons (Fsp3) is 0.222. The normalized spacial score (nSPS) is 11.9. The van der Waals surface area contributed by atoms with E-state index in [9.17, 15) is 17.6 Å². The van der Waals surface area contributed by atoms with Crippen LogP contribution in [-0.2, 0) is 9.84 Å². The topological polar surface area (TPSA) is 76.1 Å². The van der Waals surface area contributed by atoms with Gasteiger partial charge in [-0.3, -0.25) is 4.79 Å². The number of thiazole rings is 1. The van der Waals surface area contributed by atoms with Crippen molar-refractivity contribution in [1.29, 1.82) is 0 Å². The van der Waals surface area contributed by atoms with E-state index < -0.39 is 21.6 Å². The van der Waals surface area contributed by atoms with Crippen LogP contribution in [0.25, 0.3) is 10.2 Å². The van der Waals surface area contributed by atoms with Gasteiger partial charge >= 0.3 is 0 Å². The summed E-state index contributed by atoms with van der Waals surface area (Å²) >= 11 is 6.97. The van der Waals surface area contributed by atoms with Crippen LogP contribution in [0.15, 0.2) is 40.7 Å². The summed E-state index contributed by atoms with van der Waals surface area (Å²) in [7, 11) is -3.44. The molecule has 27 heavy (non-hydrogen) atoms. The van der Waals surface area contributed by atoms with E-state index in [1.165, 1.54) is 6.07 Å².